The molecule has 1 N–H and O–H groups in total. The van der Waals surface area contributed by atoms with Gasteiger partial charge in [-0.25, -0.2) is 0 Å². The third-order valence-corrected chi connectivity index (χ3v) is 5.51. The molecule has 1 aromatic heterocycles. The number of anilines is 2. The van der Waals surface area contributed by atoms with Crippen molar-refractivity contribution in [3.63, 3.8) is 0 Å². The number of nitrogens with zero attached hydrogens (tertiary/aromatic N) is 3. The number of carbonyl (C=O) groups is 1. The Bertz CT molecular complexity index is 1160. The lowest BCUT2D eigenvalue weighted by molar-refractivity contribution is -0.137. The van der Waals surface area contributed by atoms with Crippen LogP contribution in [0.2, 0.25) is 0 Å². The van der Waals surface area contributed by atoms with Crippen molar-refractivity contribution < 1.29 is 18.0 Å². The molecular weight excluding hydrogens is 465 g/mol. The minimum absolute atomic E-state index is 0.192. The summed E-state index contributed by atoms with van der Waals surface area (Å²) in [6.07, 6.45) is 1.13. The van der Waals surface area contributed by atoms with Crippen molar-refractivity contribution in [1.29, 1.82) is 0 Å². The van der Waals surface area contributed by atoms with Crippen LogP contribution in [0, 0.1) is 6.92 Å². The number of pyridine rings is 1. The monoisotopic (exact) mass is 496 g/mol. The predicted octanol–water partition coefficient (Wildman–Crippen LogP) is 6.15. The van der Waals surface area contributed by atoms with E-state index in [1.807, 2.05) is 57.4 Å². The van der Waals surface area contributed by atoms with Crippen LogP contribution >= 0.6 is 0 Å². The summed E-state index contributed by atoms with van der Waals surface area (Å²) in [5.41, 5.74) is 3.60. The molecule has 8 heteroatoms. The highest BCUT2D eigenvalue weighted by molar-refractivity contribution is 5.91. The van der Waals surface area contributed by atoms with Crippen LogP contribution in [0.25, 0.3) is 6.08 Å². The molecule has 0 atom stereocenters. The van der Waals surface area contributed by atoms with Gasteiger partial charge in [0.2, 0.25) is 5.91 Å². The van der Waals surface area contributed by atoms with E-state index in [1.54, 1.807) is 17.2 Å². The SMILES string of the molecule is Cc1cc(Nc2ccc(CN(CCCN(C)C)C(=O)/C=C/c3ccc(C(F)(F)F)cc3)cc2)ccn1. The maximum atomic E-state index is 13.0. The first-order valence-corrected chi connectivity index (χ1v) is 11.7. The maximum Gasteiger partial charge on any atom is 0.416 e. The van der Waals surface area contributed by atoms with Crippen LogP contribution in [-0.2, 0) is 17.5 Å². The molecule has 0 aliphatic carbocycles. The van der Waals surface area contributed by atoms with Crippen molar-refractivity contribution >= 4 is 23.4 Å². The minimum Gasteiger partial charge on any atom is -0.355 e. The first kappa shape index (κ1) is 26.9. The second-order valence-electron chi connectivity index (χ2n) is 8.88. The summed E-state index contributed by atoms with van der Waals surface area (Å²) in [7, 11) is 3.96. The molecule has 3 aromatic rings. The van der Waals surface area contributed by atoms with E-state index in [4.69, 9.17) is 0 Å². The highest BCUT2D eigenvalue weighted by Gasteiger charge is 2.29. The molecule has 36 heavy (non-hydrogen) atoms. The summed E-state index contributed by atoms with van der Waals surface area (Å²) in [4.78, 5) is 21.0. The molecule has 1 amide bonds. The molecule has 5 nitrogen and oxygen atoms in total. The van der Waals surface area contributed by atoms with Crippen molar-refractivity contribution in [3.05, 3.63) is 95.3 Å². The number of aryl methyl sites for hydroxylation is 1. The molecule has 0 fully saturated rings. The molecule has 0 unspecified atom stereocenters. The van der Waals surface area contributed by atoms with Gasteiger partial charge in [0, 0.05) is 42.4 Å². The normalized spacial score (nSPS) is 11.8. The zero-order valence-corrected chi connectivity index (χ0v) is 20.7. The lowest BCUT2D eigenvalue weighted by Gasteiger charge is -2.22. The number of aromatic nitrogens is 1. The highest BCUT2D eigenvalue weighted by atomic mass is 19.4. The van der Waals surface area contributed by atoms with E-state index in [1.165, 1.54) is 18.2 Å². The van der Waals surface area contributed by atoms with E-state index >= 15 is 0 Å². The third-order valence-electron chi connectivity index (χ3n) is 5.51. The van der Waals surface area contributed by atoms with Gasteiger partial charge in [0.25, 0.3) is 0 Å². The van der Waals surface area contributed by atoms with Gasteiger partial charge in [-0.15, -0.1) is 0 Å². The number of alkyl halides is 3. The van der Waals surface area contributed by atoms with Crippen LogP contribution in [-0.4, -0.2) is 47.9 Å². The Labute approximate surface area is 210 Å². The Morgan fingerprint density at radius 1 is 0.972 bits per heavy atom. The molecule has 2 aromatic carbocycles. The molecule has 0 saturated carbocycles. The molecule has 0 aliphatic heterocycles. The summed E-state index contributed by atoms with van der Waals surface area (Å²) < 4.78 is 38.3. The minimum atomic E-state index is -4.39. The fourth-order valence-corrected chi connectivity index (χ4v) is 3.60. The summed E-state index contributed by atoms with van der Waals surface area (Å²) in [6, 6.07) is 16.5. The fraction of sp³-hybridized carbons (Fsp3) is 0.286. The second-order valence-corrected chi connectivity index (χ2v) is 8.88. The Hall–Kier alpha value is -3.65. The number of hydrogen-bond acceptors (Lipinski definition) is 4. The smallest absolute Gasteiger partial charge is 0.355 e. The van der Waals surface area contributed by atoms with Gasteiger partial charge in [-0.1, -0.05) is 24.3 Å². The Kier molecular flexibility index (Phi) is 9.25. The number of nitrogens with one attached hydrogen (secondary N) is 1. The van der Waals surface area contributed by atoms with Gasteiger partial charge in [-0.3, -0.25) is 9.78 Å². The summed E-state index contributed by atoms with van der Waals surface area (Å²) in [6.45, 7) is 3.76. The molecule has 0 bridgehead atoms. The van der Waals surface area contributed by atoms with E-state index in [0.717, 1.165) is 47.7 Å². The molecule has 0 saturated heterocycles. The van der Waals surface area contributed by atoms with E-state index in [0.29, 0.717) is 18.7 Å². The lowest BCUT2D eigenvalue weighted by atomic mass is 10.1. The largest absolute Gasteiger partial charge is 0.416 e. The van der Waals surface area contributed by atoms with Crippen molar-refractivity contribution in [1.82, 2.24) is 14.8 Å². The number of hydrogen-bond donors (Lipinski definition) is 1. The van der Waals surface area contributed by atoms with Crippen LogP contribution in [0.1, 0.15) is 28.8 Å². The lowest BCUT2D eigenvalue weighted by Crippen LogP contribution is -2.31. The number of halogens is 3. The summed E-state index contributed by atoms with van der Waals surface area (Å²) in [5, 5.41) is 3.34. The maximum absolute atomic E-state index is 13.0. The summed E-state index contributed by atoms with van der Waals surface area (Å²) >= 11 is 0. The van der Waals surface area contributed by atoms with E-state index in [9.17, 15) is 18.0 Å². The number of carbonyl (C=O) groups excluding carboxylic acids is 1. The predicted molar refractivity (Wildman–Crippen MR) is 138 cm³/mol. The molecule has 1 heterocycles. The van der Waals surface area contributed by atoms with Crippen LogP contribution in [0.3, 0.4) is 0 Å². The van der Waals surface area contributed by atoms with Gasteiger partial charge in [-0.05, 0) is 87.6 Å². The molecule has 0 radical (unpaired) electrons. The van der Waals surface area contributed by atoms with Crippen molar-refractivity contribution in [2.75, 3.05) is 32.5 Å². The summed E-state index contributed by atoms with van der Waals surface area (Å²) in [5.74, 6) is -0.192. The quantitative estimate of drug-likeness (QED) is 0.342. The highest BCUT2D eigenvalue weighted by Crippen LogP contribution is 2.29. The Balaban J connectivity index is 1.67. The molecule has 190 valence electrons. The van der Waals surface area contributed by atoms with E-state index in [2.05, 4.69) is 15.2 Å². The first-order valence-electron chi connectivity index (χ1n) is 11.7. The van der Waals surface area contributed by atoms with Gasteiger partial charge in [0.05, 0.1) is 5.56 Å². The molecule has 3 rings (SSSR count). The van der Waals surface area contributed by atoms with Crippen LogP contribution in [0.5, 0.6) is 0 Å². The van der Waals surface area contributed by atoms with Gasteiger partial charge in [-0.2, -0.15) is 13.2 Å². The topological polar surface area (TPSA) is 48.5 Å². The fourth-order valence-electron chi connectivity index (χ4n) is 3.60. The Morgan fingerprint density at radius 3 is 2.28 bits per heavy atom. The van der Waals surface area contributed by atoms with Crippen molar-refractivity contribution in [2.45, 2.75) is 26.1 Å². The van der Waals surface area contributed by atoms with Gasteiger partial charge < -0.3 is 15.1 Å². The standard InChI is InChI=1S/C28H31F3N4O/c1-21-19-26(15-16-32-21)33-25-12-7-23(8-13-25)20-35(18-4-17-34(2)3)27(36)14-9-22-5-10-24(11-6-22)28(29,30)31/h5-16,19H,4,17-18,20H2,1-3H3,(H,32,33)/b14-9+. The number of rotatable bonds is 10. The zero-order valence-electron chi connectivity index (χ0n) is 20.7. The first-order chi connectivity index (χ1) is 17.1. The van der Waals surface area contributed by atoms with E-state index in [-0.39, 0.29) is 5.91 Å². The Morgan fingerprint density at radius 2 is 1.67 bits per heavy atom. The van der Waals surface area contributed by atoms with E-state index < -0.39 is 11.7 Å². The zero-order chi connectivity index (χ0) is 26.1. The number of amides is 1. The van der Waals surface area contributed by atoms with Crippen LogP contribution < -0.4 is 5.32 Å². The number of benzene rings is 2. The molecule has 0 spiro atoms. The van der Waals surface area contributed by atoms with Gasteiger partial charge in [0.1, 0.15) is 0 Å². The van der Waals surface area contributed by atoms with Crippen molar-refractivity contribution in [3.8, 4) is 0 Å². The van der Waals surface area contributed by atoms with Crippen LogP contribution in [0.15, 0.2) is 72.9 Å². The second kappa shape index (κ2) is 12.4. The van der Waals surface area contributed by atoms with Crippen molar-refractivity contribution in [2.24, 2.45) is 0 Å². The molecule has 0 aliphatic rings. The molecular formula is C28H31F3N4O. The van der Waals surface area contributed by atoms with Crippen LogP contribution in [0.4, 0.5) is 24.5 Å². The van der Waals surface area contributed by atoms with Gasteiger partial charge in [0.15, 0.2) is 0 Å². The average Bonchev–Trinajstić information content (AvgIpc) is 2.82. The van der Waals surface area contributed by atoms with Gasteiger partial charge >= 0.3 is 6.18 Å². The third kappa shape index (κ3) is 8.53. The average molecular weight is 497 g/mol.